The second-order valence-electron chi connectivity index (χ2n) is 7.76. The van der Waals surface area contributed by atoms with E-state index in [4.69, 9.17) is 0 Å². The lowest BCUT2D eigenvalue weighted by Gasteiger charge is -2.51. The normalized spacial score (nSPS) is 40.4. The van der Waals surface area contributed by atoms with Gasteiger partial charge in [-0.1, -0.05) is 27.2 Å². The summed E-state index contributed by atoms with van der Waals surface area (Å²) in [5, 5.41) is 3.81. The molecule has 1 heterocycles. The van der Waals surface area contributed by atoms with E-state index in [1.807, 2.05) is 0 Å². The van der Waals surface area contributed by atoms with E-state index in [0.29, 0.717) is 5.54 Å². The predicted octanol–water partition coefficient (Wildman–Crippen LogP) is 3.67. The SMILES string of the molecule is CCC1CN(CC2CC3CCC2C3)C(CC)(CC)CN1. The number of nitrogens with zero attached hydrogens (tertiary/aromatic N) is 1. The molecule has 0 aromatic heterocycles. The van der Waals surface area contributed by atoms with Gasteiger partial charge in [-0.3, -0.25) is 4.90 Å². The third-order valence-electron chi connectivity index (χ3n) is 6.98. The fourth-order valence-electron chi connectivity index (χ4n) is 5.34. The Kier molecular flexibility index (Phi) is 4.42. The van der Waals surface area contributed by atoms with Gasteiger partial charge in [-0.05, 0) is 56.3 Å². The Morgan fingerprint density at radius 3 is 2.45 bits per heavy atom. The molecule has 0 aromatic rings. The van der Waals surface area contributed by atoms with Crippen LogP contribution in [0.3, 0.4) is 0 Å². The largest absolute Gasteiger partial charge is 0.311 e. The quantitative estimate of drug-likeness (QED) is 0.825. The third-order valence-corrected chi connectivity index (χ3v) is 6.98. The molecule has 0 radical (unpaired) electrons. The van der Waals surface area contributed by atoms with Crippen LogP contribution in [0.5, 0.6) is 0 Å². The van der Waals surface area contributed by atoms with E-state index < -0.39 is 0 Å². The fraction of sp³-hybridized carbons (Fsp3) is 1.00. The van der Waals surface area contributed by atoms with E-state index in [1.54, 1.807) is 6.42 Å². The standard InChI is InChI=1S/C18H34N2/c1-4-17-12-20(18(5-2,6-3)13-19-17)11-16-10-14-7-8-15(16)9-14/h14-17,19H,4-13H2,1-3H3. The highest BCUT2D eigenvalue weighted by Crippen LogP contribution is 2.49. The van der Waals surface area contributed by atoms with Gasteiger partial charge >= 0.3 is 0 Å². The van der Waals surface area contributed by atoms with Gasteiger partial charge in [0.15, 0.2) is 0 Å². The number of hydrogen-bond acceptors (Lipinski definition) is 2. The Morgan fingerprint density at radius 2 is 1.90 bits per heavy atom. The second kappa shape index (κ2) is 5.96. The van der Waals surface area contributed by atoms with E-state index in [2.05, 4.69) is 31.0 Å². The Hall–Kier alpha value is -0.0800. The van der Waals surface area contributed by atoms with Crippen LogP contribution in [-0.2, 0) is 0 Å². The van der Waals surface area contributed by atoms with Gasteiger partial charge in [-0.25, -0.2) is 0 Å². The highest BCUT2D eigenvalue weighted by Gasteiger charge is 2.44. The van der Waals surface area contributed by atoms with Gasteiger partial charge in [0.1, 0.15) is 0 Å². The molecule has 20 heavy (non-hydrogen) atoms. The fourth-order valence-corrected chi connectivity index (χ4v) is 5.34. The molecule has 1 aliphatic heterocycles. The molecule has 116 valence electrons. The lowest BCUT2D eigenvalue weighted by molar-refractivity contribution is 0.0109. The van der Waals surface area contributed by atoms with Crippen molar-refractivity contribution in [1.82, 2.24) is 10.2 Å². The smallest absolute Gasteiger partial charge is 0.0329 e. The van der Waals surface area contributed by atoms with Crippen LogP contribution in [-0.4, -0.2) is 36.1 Å². The summed E-state index contributed by atoms with van der Waals surface area (Å²) in [7, 11) is 0. The molecule has 2 aliphatic carbocycles. The first kappa shape index (κ1) is 14.8. The van der Waals surface area contributed by atoms with E-state index in [1.165, 1.54) is 58.2 Å². The van der Waals surface area contributed by atoms with Gasteiger partial charge in [0.25, 0.3) is 0 Å². The van der Waals surface area contributed by atoms with Crippen molar-refractivity contribution < 1.29 is 0 Å². The zero-order valence-electron chi connectivity index (χ0n) is 13.8. The maximum absolute atomic E-state index is 3.81. The van der Waals surface area contributed by atoms with Crippen molar-refractivity contribution in [3.05, 3.63) is 0 Å². The first-order chi connectivity index (χ1) is 9.70. The molecule has 4 unspecified atom stereocenters. The van der Waals surface area contributed by atoms with Crippen molar-refractivity contribution in [1.29, 1.82) is 0 Å². The molecule has 2 saturated carbocycles. The zero-order valence-corrected chi connectivity index (χ0v) is 13.8. The predicted molar refractivity (Wildman–Crippen MR) is 85.9 cm³/mol. The van der Waals surface area contributed by atoms with Crippen LogP contribution < -0.4 is 5.32 Å². The minimum atomic E-state index is 0.438. The molecule has 3 fully saturated rings. The van der Waals surface area contributed by atoms with Crippen LogP contribution in [0.2, 0.25) is 0 Å². The molecule has 2 bridgehead atoms. The molecule has 2 heteroatoms. The molecular weight excluding hydrogens is 244 g/mol. The molecule has 0 amide bonds. The summed E-state index contributed by atoms with van der Waals surface area (Å²) in [4.78, 5) is 2.91. The minimum absolute atomic E-state index is 0.438. The summed E-state index contributed by atoms with van der Waals surface area (Å²) >= 11 is 0. The van der Waals surface area contributed by atoms with Gasteiger partial charge in [0.2, 0.25) is 0 Å². The zero-order chi connectivity index (χ0) is 14.2. The van der Waals surface area contributed by atoms with Crippen LogP contribution in [0, 0.1) is 17.8 Å². The van der Waals surface area contributed by atoms with Crippen LogP contribution in [0.4, 0.5) is 0 Å². The summed E-state index contributed by atoms with van der Waals surface area (Å²) < 4.78 is 0. The average Bonchev–Trinajstić information content (AvgIpc) is 3.10. The Balaban J connectivity index is 1.69. The van der Waals surface area contributed by atoms with Crippen molar-refractivity contribution >= 4 is 0 Å². The van der Waals surface area contributed by atoms with Crippen molar-refractivity contribution in [2.75, 3.05) is 19.6 Å². The molecular formula is C18H34N2. The van der Waals surface area contributed by atoms with E-state index in [-0.39, 0.29) is 0 Å². The Bertz CT molecular complexity index is 323. The lowest BCUT2D eigenvalue weighted by atomic mass is 9.83. The lowest BCUT2D eigenvalue weighted by Crippen LogP contribution is -2.65. The van der Waals surface area contributed by atoms with E-state index in [0.717, 1.165) is 23.8 Å². The van der Waals surface area contributed by atoms with Gasteiger partial charge in [-0.2, -0.15) is 0 Å². The third kappa shape index (κ3) is 2.54. The number of nitrogens with one attached hydrogen (secondary N) is 1. The van der Waals surface area contributed by atoms with Crippen molar-refractivity contribution in [2.45, 2.75) is 77.3 Å². The maximum atomic E-state index is 3.81. The van der Waals surface area contributed by atoms with Crippen molar-refractivity contribution in [3.63, 3.8) is 0 Å². The highest BCUT2D eigenvalue weighted by atomic mass is 15.3. The summed E-state index contributed by atoms with van der Waals surface area (Å²) in [6, 6.07) is 0.722. The van der Waals surface area contributed by atoms with Crippen LogP contribution in [0.1, 0.15) is 65.7 Å². The average molecular weight is 278 g/mol. The van der Waals surface area contributed by atoms with E-state index in [9.17, 15) is 0 Å². The number of hydrogen-bond donors (Lipinski definition) is 1. The summed E-state index contributed by atoms with van der Waals surface area (Å²) in [5.74, 6) is 3.18. The number of piperazine rings is 1. The molecule has 3 aliphatic rings. The Morgan fingerprint density at radius 1 is 1.10 bits per heavy atom. The number of rotatable bonds is 5. The summed E-state index contributed by atoms with van der Waals surface area (Å²) in [6.45, 7) is 11.0. The summed E-state index contributed by atoms with van der Waals surface area (Å²) in [5.41, 5.74) is 0.438. The molecule has 4 atom stereocenters. The minimum Gasteiger partial charge on any atom is -0.311 e. The molecule has 1 N–H and O–H groups in total. The van der Waals surface area contributed by atoms with Crippen molar-refractivity contribution in [2.24, 2.45) is 17.8 Å². The van der Waals surface area contributed by atoms with E-state index >= 15 is 0 Å². The van der Waals surface area contributed by atoms with Crippen molar-refractivity contribution in [3.8, 4) is 0 Å². The van der Waals surface area contributed by atoms with Crippen LogP contribution in [0.25, 0.3) is 0 Å². The van der Waals surface area contributed by atoms with Gasteiger partial charge in [0, 0.05) is 31.2 Å². The molecule has 0 spiro atoms. The van der Waals surface area contributed by atoms with Gasteiger partial charge in [0.05, 0.1) is 0 Å². The monoisotopic (exact) mass is 278 g/mol. The molecule has 3 rings (SSSR count). The molecule has 0 aromatic carbocycles. The topological polar surface area (TPSA) is 15.3 Å². The molecule has 1 saturated heterocycles. The van der Waals surface area contributed by atoms with Gasteiger partial charge in [-0.15, -0.1) is 0 Å². The Labute approximate surface area is 125 Å². The first-order valence-electron chi connectivity index (χ1n) is 9.19. The number of fused-ring (bicyclic) bond motifs is 2. The second-order valence-corrected chi connectivity index (χ2v) is 7.76. The maximum Gasteiger partial charge on any atom is 0.0329 e. The van der Waals surface area contributed by atoms with Gasteiger partial charge < -0.3 is 5.32 Å². The first-order valence-corrected chi connectivity index (χ1v) is 9.19. The van der Waals surface area contributed by atoms with Crippen LogP contribution in [0.15, 0.2) is 0 Å². The molecule has 2 nitrogen and oxygen atoms in total. The highest BCUT2D eigenvalue weighted by molar-refractivity contribution is 5.00. The summed E-state index contributed by atoms with van der Waals surface area (Å²) in [6.07, 6.45) is 10.0. The van der Waals surface area contributed by atoms with Crippen LogP contribution >= 0.6 is 0 Å².